The fourth-order valence-corrected chi connectivity index (χ4v) is 1.45. The number of hydrogen-bond acceptors (Lipinski definition) is 9. The fourth-order valence-electron chi connectivity index (χ4n) is 0.898. The van der Waals surface area contributed by atoms with Crippen LogP contribution in [0.2, 0.25) is 0 Å². The molecule has 9 nitrogen and oxygen atoms in total. The Hall–Kier alpha value is -2.23. The standard InChI is InChI=1S/C8H10N4O5S/c1-3-17-8(14)10-7-9-5(12-18-7)4(11-15)6(13)16-2/h15H,3H2,1-2H3,(H,9,10,12,14). The Morgan fingerprint density at radius 1 is 1.56 bits per heavy atom. The summed E-state index contributed by atoms with van der Waals surface area (Å²) in [6.07, 6.45) is -0.694. The Kier molecular flexibility index (Phi) is 4.99. The first-order valence-corrected chi connectivity index (χ1v) is 5.48. The van der Waals surface area contributed by atoms with Gasteiger partial charge in [0, 0.05) is 11.5 Å². The number of esters is 1. The first-order chi connectivity index (χ1) is 8.62. The van der Waals surface area contributed by atoms with Crippen molar-refractivity contribution >= 4 is 34.4 Å². The third-order valence-corrected chi connectivity index (χ3v) is 2.23. The lowest BCUT2D eigenvalue weighted by molar-refractivity contribution is -0.132. The summed E-state index contributed by atoms with van der Waals surface area (Å²) >= 11 is 0.803. The minimum atomic E-state index is -0.891. The zero-order chi connectivity index (χ0) is 13.5. The van der Waals surface area contributed by atoms with Gasteiger partial charge in [0.25, 0.3) is 0 Å². The normalized spacial score (nSPS) is 10.9. The SMILES string of the molecule is CCOC(=O)Nc1nc(C(=NO)C(=O)OC)ns1. The maximum absolute atomic E-state index is 11.2. The summed E-state index contributed by atoms with van der Waals surface area (Å²) in [7, 11) is 1.12. The van der Waals surface area contributed by atoms with E-state index in [1.807, 2.05) is 0 Å². The molecule has 18 heavy (non-hydrogen) atoms. The molecule has 1 aromatic rings. The second kappa shape index (κ2) is 6.49. The summed E-state index contributed by atoms with van der Waals surface area (Å²) in [5, 5.41) is 13.8. The van der Waals surface area contributed by atoms with E-state index in [-0.39, 0.29) is 17.6 Å². The van der Waals surface area contributed by atoms with E-state index in [1.54, 1.807) is 6.92 Å². The molecule has 1 rings (SSSR count). The maximum Gasteiger partial charge on any atom is 0.413 e. The van der Waals surface area contributed by atoms with Gasteiger partial charge in [-0.15, -0.1) is 0 Å². The van der Waals surface area contributed by atoms with Crippen LogP contribution >= 0.6 is 11.5 Å². The summed E-state index contributed by atoms with van der Waals surface area (Å²) < 4.78 is 12.7. The number of carbonyl (C=O) groups excluding carboxylic acids is 2. The smallest absolute Gasteiger partial charge is 0.413 e. The van der Waals surface area contributed by atoms with E-state index >= 15 is 0 Å². The highest BCUT2D eigenvalue weighted by atomic mass is 32.1. The molecule has 98 valence electrons. The molecule has 0 saturated heterocycles. The third-order valence-electron chi connectivity index (χ3n) is 1.60. The van der Waals surface area contributed by atoms with Crippen LogP contribution in [0.4, 0.5) is 9.93 Å². The van der Waals surface area contributed by atoms with Gasteiger partial charge in [-0.1, -0.05) is 5.16 Å². The number of anilines is 1. The van der Waals surface area contributed by atoms with Gasteiger partial charge in [0.05, 0.1) is 13.7 Å². The van der Waals surface area contributed by atoms with Gasteiger partial charge in [0.2, 0.25) is 16.7 Å². The number of nitrogens with zero attached hydrogens (tertiary/aromatic N) is 3. The van der Waals surface area contributed by atoms with E-state index in [0.717, 1.165) is 18.6 Å². The molecule has 0 atom stereocenters. The quantitative estimate of drug-likeness (QED) is 0.354. The van der Waals surface area contributed by atoms with Gasteiger partial charge in [0.15, 0.2) is 0 Å². The Morgan fingerprint density at radius 2 is 2.28 bits per heavy atom. The van der Waals surface area contributed by atoms with Gasteiger partial charge in [-0.25, -0.2) is 9.59 Å². The predicted octanol–water partition coefficient (Wildman–Crippen LogP) is 0.458. The summed E-state index contributed by atoms with van der Waals surface area (Å²) in [5.74, 6) is -1.04. The molecule has 1 aromatic heterocycles. The van der Waals surface area contributed by atoms with Gasteiger partial charge < -0.3 is 14.7 Å². The molecule has 0 radical (unpaired) electrons. The van der Waals surface area contributed by atoms with Crippen molar-refractivity contribution in [3.8, 4) is 0 Å². The molecular formula is C8H10N4O5S. The van der Waals surface area contributed by atoms with Crippen LogP contribution in [0.1, 0.15) is 12.7 Å². The van der Waals surface area contributed by atoms with Crippen LogP contribution in [0, 0.1) is 0 Å². The van der Waals surface area contributed by atoms with Gasteiger partial charge in [0.1, 0.15) is 0 Å². The van der Waals surface area contributed by atoms with Gasteiger partial charge >= 0.3 is 12.1 Å². The number of rotatable bonds is 4. The van der Waals surface area contributed by atoms with Crippen molar-refractivity contribution in [2.24, 2.45) is 5.16 Å². The Balaban J connectivity index is 2.79. The molecule has 0 aliphatic rings. The Morgan fingerprint density at radius 3 is 2.83 bits per heavy atom. The lowest BCUT2D eigenvalue weighted by Gasteiger charge is -1.99. The van der Waals surface area contributed by atoms with Crippen molar-refractivity contribution in [3.63, 3.8) is 0 Å². The van der Waals surface area contributed by atoms with E-state index in [2.05, 4.69) is 29.3 Å². The highest BCUT2D eigenvalue weighted by molar-refractivity contribution is 7.10. The molecule has 0 aliphatic carbocycles. The molecule has 10 heteroatoms. The van der Waals surface area contributed by atoms with Crippen LogP contribution in [-0.4, -0.2) is 46.1 Å². The summed E-state index contributed by atoms with van der Waals surface area (Å²) in [6, 6.07) is 0. The van der Waals surface area contributed by atoms with Crippen LogP contribution in [0.15, 0.2) is 5.16 Å². The van der Waals surface area contributed by atoms with Crippen LogP contribution in [-0.2, 0) is 14.3 Å². The van der Waals surface area contributed by atoms with Crippen LogP contribution in [0.25, 0.3) is 0 Å². The molecule has 0 saturated carbocycles. The number of amides is 1. The summed E-state index contributed by atoms with van der Waals surface area (Å²) in [6.45, 7) is 1.86. The van der Waals surface area contributed by atoms with Gasteiger partial charge in [-0.05, 0) is 6.92 Å². The highest BCUT2D eigenvalue weighted by Gasteiger charge is 2.21. The monoisotopic (exact) mass is 274 g/mol. The lowest BCUT2D eigenvalue weighted by Crippen LogP contribution is -2.19. The Labute approximate surface area is 106 Å². The molecule has 0 spiro atoms. The number of aromatic nitrogens is 2. The third kappa shape index (κ3) is 3.38. The van der Waals surface area contributed by atoms with Crippen molar-refractivity contribution in [2.45, 2.75) is 6.92 Å². The molecule has 0 bridgehead atoms. The van der Waals surface area contributed by atoms with Crippen molar-refractivity contribution in [3.05, 3.63) is 5.82 Å². The van der Waals surface area contributed by atoms with Crippen molar-refractivity contribution in [1.29, 1.82) is 0 Å². The molecule has 1 amide bonds. The zero-order valence-electron chi connectivity index (χ0n) is 9.54. The number of nitrogens with one attached hydrogen (secondary N) is 1. The van der Waals surface area contributed by atoms with Crippen molar-refractivity contribution in [2.75, 3.05) is 19.0 Å². The number of oxime groups is 1. The van der Waals surface area contributed by atoms with Crippen molar-refractivity contribution in [1.82, 2.24) is 9.36 Å². The van der Waals surface area contributed by atoms with E-state index in [1.165, 1.54) is 0 Å². The molecule has 2 N–H and O–H groups in total. The number of carbonyl (C=O) groups is 2. The number of hydrogen-bond donors (Lipinski definition) is 2. The predicted molar refractivity (Wildman–Crippen MR) is 60.9 cm³/mol. The van der Waals surface area contributed by atoms with Crippen LogP contribution in [0.5, 0.6) is 0 Å². The second-order valence-electron chi connectivity index (χ2n) is 2.71. The Bertz CT molecular complexity index is 472. The molecule has 0 aliphatic heterocycles. The average Bonchev–Trinajstić information content (AvgIpc) is 2.78. The molecule has 0 fully saturated rings. The lowest BCUT2D eigenvalue weighted by atomic mass is 10.4. The maximum atomic E-state index is 11.2. The topological polar surface area (TPSA) is 123 Å². The average molecular weight is 274 g/mol. The van der Waals surface area contributed by atoms with Gasteiger partial charge in [-0.3, -0.25) is 5.32 Å². The molecule has 1 heterocycles. The fraction of sp³-hybridized carbons (Fsp3) is 0.375. The molecule has 0 unspecified atom stereocenters. The number of methoxy groups -OCH3 is 1. The molecule has 0 aromatic carbocycles. The first-order valence-electron chi connectivity index (χ1n) is 4.70. The van der Waals surface area contributed by atoms with Crippen molar-refractivity contribution < 1.29 is 24.3 Å². The minimum Gasteiger partial charge on any atom is -0.464 e. The van der Waals surface area contributed by atoms with E-state index in [0.29, 0.717) is 0 Å². The summed E-state index contributed by atoms with van der Waals surface area (Å²) in [5.41, 5.74) is -0.453. The van der Waals surface area contributed by atoms with E-state index < -0.39 is 17.8 Å². The van der Waals surface area contributed by atoms with E-state index in [4.69, 9.17) is 5.21 Å². The zero-order valence-corrected chi connectivity index (χ0v) is 10.4. The van der Waals surface area contributed by atoms with Crippen LogP contribution < -0.4 is 5.32 Å². The number of ether oxygens (including phenoxy) is 2. The minimum absolute atomic E-state index is 0.105. The van der Waals surface area contributed by atoms with Crippen LogP contribution in [0.3, 0.4) is 0 Å². The largest absolute Gasteiger partial charge is 0.464 e. The molecular weight excluding hydrogens is 264 g/mol. The second-order valence-corrected chi connectivity index (χ2v) is 3.46. The van der Waals surface area contributed by atoms with E-state index in [9.17, 15) is 9.59 Å². The first kappa shape index (κ1) is 13.8. The summed E-state index contributed by atoms with van der Waals surface area (Å²) in [4.78, 5) is 26.0. The van der Waals surface area contributed by atoms with Gasteiger partial charge in [-0.2, -0.15) is 9.36 Å². The highest BCUT2D eigenvalue weighted by Crippen LogP contribution is 2.12.